The summed E-state index contributed by atoms with van der Waals surface area (Å²) in [6.07, 6.45) is 0. The lowest BCUT2D eigenvalue weighted by atomic mass is 10.2. The zero-order valence-corrected chi connectivity index (χ0v) is 5.95. The quantitative estimate of drug-likeness (QED) is 0.676. The summed E-state index contributed by atoms with van der Waals surface area (Å²) >= 11 is 0. The minimum absolute atomic E-state index is 0.310. The monoisotopic (exact) mass is 163 g/mol. The fraction of sp³-hybridized carbons (Fsp3) is 0. The van der Waals surface area contributed by atoms with E-state index in [9.17, 15) is 4.39 Å². The molecule has 0 aliphatic carbocycles. The van der Waals surface area contributed by atoms with Gasteiger partial charge in [0.1, 0.15) is 5.82 Å². The molecule has 1 radical (unpaired) electrons. The van der Waals surface area contributed by atoms with Crippen LogP contribution in [-0.4, -0.2) is 20.6 Å². The fourth-order valence-corrected chi connectivity index (χ4v) is 0.866. The van der Waals surface area contributed by atoms with Gasteiger partial charge in [-0.3, -0.25) is 0 Å². The number of nitrogens with one attached hydrogen (secondary N) is 1. The summed E-state index contributed by atoms with van der Waals surface area (Å²) < 4.78 is 13.0. The van der Waals surface area contributed by atoms with Gasteiger partial charge in [-0.25, -0.2) is 9.49 Å². The van der Waals surface area contributed by atoms with Crippen LogP contribution in [0.15, 0.2) is 18.2 Å². The third-order valence-electron chi connectivity index (χ3n) is 1.41. The van der Waals surface area contributed by atoms with Crippen LogP contribution >= 0.6 is 0 Å². The van der Waals surface area contributed by atoms with Gasteiger partial charge < -0.3 is 0 Å². The molecule has 0 saturated heterocycles. The van der Waals surface area contributed by atoms with Gasteiger partial charge in [-0.1, -0.05) is 6.07 Å². The van der Waals surface area contributed by atoms with Crippen molar-refractivity contribution < 1.29 is 4.39 Å². The summed E-state index contributed by atoms with van der Waals surface area (Å²) in [5.41, 5.74) is 0.322. The smallest absolute Gasteiger partial charge is 0.182 e. The summed E-state index contributed by atoms with van der Waals surface area (Å²) in [6, 6.07) is 7.01. The maximum Gasteiger partial charge on any atom is 0.182 e. The maximum absolute atomic E-state index is 13.0. The van der Waals surface area contributed by atoms with E-state index >= 15 is 0 Å². The Morgan fingerprint density at radius 3 is 3.08 bits per heavy atom. The molecule has 0 aliphatic rings. The molecule has 1 N–H and O–H groups in total. The second-order valence-corrected chi connectivity index (χ2v) is 2.16. The van der Waals surface area contributed by atoms with Gasteiger partial charge in [0.2, 0.25) is 0 Å². The van der Waals surface area contributed by atoms with E-state index in [2.05, 4.69) is 26.7 Å². The number of benzene rings is 1. The average molecular weight is 163 g/mol. The third-order valence-corrected chi connectivity index (χ3v) is 1.41. The Labute approximate surface area is 67.4 Å². The maximum atomic E-state index is 13.0. The summed E-state index contributed by atoms with van der Waals surface area (Å²) in [4.78, 5) is 0. The Kier molecular flexibility index (Phi) is 1.55. The second kappa shape index (κ2) is 2.69. The topological polar surface area (TPSA) is 54.5 Å². The van der Waals surface area contributed by atoms with Crippen molar-refractivity contribution in [3.8, 4) is 11.4 Å². The zero-order valence-electron chi connectivity index (χ0n) is 5.95. The molecule has 0 fully saturated rings. The number of tetrazole rings is 1. The van der Waals surface area contributed by atoms with E-state index in [0.717, 1.165) is 0 Å². The van der Waals surface area contributed by atoms with Crippen LogP contribution in [0.1, 0.15) is 0 Å². The number of nitrogens with zero attached hydrogens (tertiary/aromatic N) is 3. The SMILES string of the molecule is Fc1cc[c]cc1-c1nnn[nH]1. The largest absolute Gasteiger partial charge is 0.239 e. The van der Waals surface area contributed by atoms with Gasteiger partial charge in [-0.05, 0) is 28.6 Å². The minimum Gasteiger partial charge on any atom is -0.239 e. The van der Waals surface area contributed by atoms with Crippen molar-refractivity contribution in [3.05, 3.63) is 30.1 Å². The lowest BCUT2D eigenvalue weighted by molar-refractivity contribution is 0.630. The number of aromatic amines is 1. The van der Waals surface area contributed by atoms with Crippen LogP contribution < -0.4 is 0 Å². The predicted octanol–water partition coefficient (Wildman–Crippen LogP) is 0.806. The second-order valence-electron chi connectivity index (χ2n) is 2.16. The van der Waals surface area contributed by atoms with Crippen molar-refractivity contribution in [1.29, 1.82) is 0 Å². The summed E-state index contributed by atoms with van der Waals surface area (Å²) in [6.45, 7) is 0. The number of hydrogen-bond acceptors (Lipinski definition) is 3. The molecular weight excluding hydrogens is 159 g/mol. The van der Waals surface area contributed by atoms with E-state index in [4.69, 9.17) is 0 Å². The molecule has 1 aromatic carbocycles. The molecule has 0 saturated carbocycles. The van der Waals surface area contributed by atoms with Crippen LogP contribution in [0.5, 0.6) is 0 Å². The molecule has 0 atom stereocenters. The molecule has 0 aliphatic heterocycles. The molecular formula is C7H4FN4. The molecule has 2 rings (SSSR count). The number of rotatable bonds is 1. The first kappa shape index (κ1) is 6.90. The van der Waals surface area contributed by atoms with E-state index in [1.165, 1.54) is 18.2 Å². The first-order valence-corrected chi connectivity index (χ1v) is 3.27. The molecule has 0 spiro atoms. The highest BCUT2D eigenvalue weighted by Crippen LogP contribution is 2.15. The Morgan fingerprint density at radius 1 is 1.50 bits per heavy atom. The fourth-order valence-electron chi connectivity index (χ4n) is 0.866. The van der Waals surface area contributed by atoms with Gasteiger partial charge in [0.25, 0.3) is 0 Å². The molecule has 1 heterocycles. The number of halogens is 1. The van der Waals surface area contributed by atoms with Crippen LogP contribution in [0.2, 0.25) is 0 Å². The first-order valence-electron chi connectivity index (χ1n) is 3.27. The number of hydrogen-bond donors (Lipinski definition) is 1. The van der Waals surface area contributed by atoms with E-state index in [1.54, 1.807) is 0 Å². The van der Waals surface area contributed by atoms with Crippen molar-refractivity contribution in [1.82, 2.24) is 20.6 Å². The summed E-state index contributed by atoms with van der Waals surface area (Å²) in [5, 5.41) is 12.7. The van der Waals surface area contributed by atoms with E-state index in [0.29, 0.717) is 11.4 Å². The van der Waals surface area contributed by atoms with E-state index in [-0.39, 0.29) is 5.82 Å². The molecule has 12 heavy (non-hydrogen) atoms. The number of aromatic nitrogens is 4. The third kappa shape index (κ3) is 1.05. The molecule has 5 heteroatoms. The van der Waals surface area contributed by atoms with Crippen molar-refractivity contribution >= 4 is 0 Å². The van der Waals surface area contributed by atoms with Crippen molar-refractivity contribution in [2.45, 2.75) is 0 Å². The van der Waals surface area contributed by atoms with Crippen LogP contribution in [0.4, 0.5) is 4.39 Å². The van der Waals surface area contributed by atoms with E-state index in [1.807, 2.05) is 0 Å². The van der Waals surface area contributed by atoms with Gasteiger partial charge in [0.05, 0.1) is 5.56 Å². The highest BCUT2D eigenvalue weighted by Gasteiger charge is 2.06. The minimum atomic E-state index is -0.368. The first-order chi connectivity index (χ1) is 5.88. The molecule has 2 aromatic rings. The van der Waals surface area contributed by atoms with Gasteiger partial charge in [-0.2, -0.15) is 0 Å². The van der Waals surface area contributed by atoms with Crippen LogP contribution in [-0.2, 0) is 0 Å². The highest BCUT2D eigenvalue weighted by molar-refractivity contribution is 5.53. The molecule has 1 aromatic heterocycles. The van der Waals surface area contributed by atoms with E-state index < -0.39 is 0 Å². The van der Waals surface area contributed by atoms with Gasteiger partial charge >= 0.3 is 0 Å². The standard InChI is InChI=1S/C7H4FN4/c8-6-4-2-1-3-5(6)7-9-11-12-10-7/h2-4H,(H,9,10,11,12). The lowest BCUT2D eigenvalue weighted by Crippen LogP contribution is -1.85. The molecule has 0 unspecified atom stereocenters. The van der Waals surface area contributed by atoms with Gasteiger partial charge in [-0.15, -0.1) is 5.10 Å². The Balaban J connectivity index is 2.55. The summed E-state index contributed by atoms with van der Waals surface area (Å²) in [7, 11) is 0. The van der Waals surface area contributed by atoms with Gasteiger partial charge in [0, 0.05) is 0 Å². The van der Waals surface area contributed by atoms with Crippen LogP contribution in [0.3, 0.4) is 0 Å². The van der Waals surface area contributed by atoms with Crippen molar-refractivity contribution in [2.24, 2.45) is 0 Å². The van der Waals surface area contributed by atoms with Crippen LogP contribution in [0, 0.1) is 11.9 Å². The summed E-state index contributed by atoms with van der Waals surface area (Å²) in [5.74, 6) is -0.0587. The average Bonchev–Trinajstić information content (AvgIpc) is 2.57. The van der Waals surface area contributed by atoms with Gasteiger partial charge in [0.15, 0.2) is 5.82 Å². The highest BCUT2D eigenvalue weighted by atomic mass is 19.1. The zero-order chi connectivity index (χ0) is 8.39. The normalized spacial score (nSPS) is 10.1. The molecule has 59 valence electrons. The molecule has 0 amide bonds. The lowest BCUT2D eigenvalue weighted by Gasteiger charge is -1.94. The van der Waals surface area contributed by atoms with Crippen molar-refractivity contribution in [2.75, 3.05) is 0 Å². The Bertz CT molecular complexity index is 371. The van der Waals surface area contributed by atoms with Crippen LogP contribution in [0.25, 0.3) is 11.4 Å². The number of H-pyrrole nitrogens is 1. The Morgan fingerprint density at radius 2 is 2.42 bits per heavy atom. The molecule has 0 bridgehead atoms. The molecule has 4 nitrogen and oxygen atoms in total. The van der Waals surface area contributed by atoms with Crippen molar-refractivity contribution in [3.63, 3.8) is 0 Å². The Hall–Kier alpha value is -1.78. The predicted molar refractivity (Wildman–Crippen MR) is 38.4 cm³/mol.